The van der Waals surface area contributed by atoms with Gasteiger partial charge < -0.3 is 0 Å². The number of primary sulfonamides is 1. The summed E-state index contributed by atoms with van der Waals surface area (Å²) in [6.07, 6.45) is 2.86. The zero-order valence-corrected chi connectivity index (χ0v) is 9.50. The molecule has 1 aromatic rings. The van der Waals surface area contributed by atoms with Gasteiger partial charge in [0.2, 0.25) is 10.0 Å². The standard InChI is InChI=1S/C11H15NO2S/c1-2-6-11(15(12,13)14)9-10-7-4-3-5-8-10/h3-5,7-9H,2,6H2,1H3,(H2,12,13,14). The summed E-state index contributed by atoms with van der Waals surface area (Å²) in [5, 5.41) is 5.12. The molecule has 0 aliphatic rings. The molecule has 0 bridgehead atoms. The van der Waals surface area contributed by atoms with Crippen LogP contribution in [0.4, 0.5) is 0 Å². The lowest BCUT2D eigenvalue weighted by Gasteiger charge is -2.03. The molecule has 0 radical (unpaired) electrons. The van der Waals surface area contributed by atoms with Crippen molar-refractivity contribution in [2.24, 2.45) is 5.14 Å². The molecule has 1 rings (SSSR count). The van der Waals surface area contributed by atoms with Gasteiger partial charge in [-0.3, -0.25) is 0 Å². The normalized spacial score (nSPS) is 12.8. The van der Waals surface area contributed by atoms with Gasteiger partial charge in [0.05, 0.1) is 4.91 Å². The Morgan fingerprint density at radius 2 is 1.93 bits per heavy atom. The Balaban J connectivity index is 3.05. The van der Waals surface area contributed by atoms with Crippen molar-refractivity contribution < 1.29 is 8.42 Å². The van der Waals surface area contributed by atoms with Gasteiger partial charge in [0.25, 0.3) is 0 Å². The number of hydrogen-bond acceptors (Lipinski definition) is 2. The molecule has 0 saturated heterocycles. The number of hydrogen-bond donors (Lipinski definition) is 1. The van der Waals surface area contributed by atoms with E-state index in [2.05, 4.69) is 0 Å². The van der Waals surface area contributed by atoms with Gasteiger partial charge in [-0.25, -0.2) is 13.6 Å². The molecule has 0 aromatic heterocycles. The predicted octanol–water partition coefficient (Wildman–Crippen LogP) is 2.12. The summed E-state index contributed by atoms with van der Waals surface area (Å²) in [6, 6.07) is 9.30. The van der Waals surface area contributed by atoms with Crippen LogP contribution in [0.2, 0.25) is 0 Å². The van der Waals surface area contributed by atoms with Crippen LogP contribution in [0.5, 0.6) is 0 Å². The topological polar surface area (TPSA) is 60.2 Å². The summed E-state index contributed by atoms with van der Waals surface area (Å²) in [7, 11) is -3.56. The molecule has 1 aromatic carbocycles. The molecule has 15 heavy (non-hydrogen) atoms. The molecule has 0 aliphatic heterocycles. The fourth-order valence-electron chi connectivity index (χ4n) is 1.28. The molecular formula is C11H15NO2S. The Morgan fingerprint density at radius 3 is 2.40 bits per heavy atom. The fraction of sp³-hybridized carbons (Fsp3) is 0.273. The van der Waals surface area contributed by atoms with E-state index in [1.165, 1.54) is 0 Å². The SMILES string of the molecule is CCCC(=Cc1ccccc1)S(N)(=O)=O. The van der Waals surface area contributed by atoms with Crippen molar-refractivity contribution in [3.63, 3.8) is 0 Å². The van der Waals surface area contributed by atoms with Crippen molar-refractivity contribution in [1.82, 2.24) is 0 Å². The Morgan fingerprint density at radius 1 is 1.33 bits per heavy atom. The van der Waals surface area contributed by atoms with E-state index in [0.717, 1.165) is 12.0 Å². The summed E-state index contributed by atoms with van der Waals surface area (Å²) in [4.78, 5) is 0.288. The summed E-state index contributed by atoms with van der Waals surface area (Å²) in [5.74, 6) is 0. The van der Waals surface area contributed by atoms with E-state index in [4.69, 9.17) is 5.14 Å². The zero-order valence-electron chi connectivity index (χ0n) is 8.68. The molecule has 0 fully saturated rings. The number of nitrogens with two attached hydrogens (primary N) is 1. The van der Waals surface area contributed by atoms with E-state index in [-0.39, 0.29) is 4.91 Å². The molecule has 4 heteroatoms. The van der Waals surface area contributed by atoms with Gasteiger partial charge in [-0.1, -0.05) is 43.7 Å². The highest BCUT2D eigenvalue weighted by molar-refractivity contribution is 7.93. The Labute approximate surface area is 90.7 Å². The maximum absolute atomic E-state index is 11.2. The first-order chi connectivity index (χ1) is 7.04. The van der Waals surface area contributed by atoms with Crippen LogP contribution >= 0.6 is 0 Å². The second-order valence-corrected chi connectivity index (χ2v) is 4.93. The Hall–Kier alpha value is -1.13. The number of allylic oxidation sites excluding steroid dienone is 1. The van der Waals surface area contributed by atoms with Crippen molar-refractivity contribution >= 4 is 16.1 Å². The summed E-state index contributed by atoms with van der Waals surface area (Å²) in [6.45, 7) is 1.92. The maximum Gasteiger partial charge on any atom is 0.234 e. The molecule has 0 aliphatic carbocycles. The van der Waals surface area contributed by atoms with Crippen LogP contribution in [0.15, 0.2) is 35.2 Å². The minimum Gasteiger partial charge on any atom is -0.225 e. The van der Waals surface area contributed by atoms with E-state index in [0.29, 0.717) is 6.42 Å². The first-order valence-corrected chi connectivity index (χ1v) is 6.37. The average Bonchev–Trinajstić information content (AvgIpc) is 2.17. The van der Waals surface area contributed by atoms with Gasteiger partial charge in [-0.2, -0.15) is 0 Å². The quantitative estimate of drug-likeness (QED) is 0.853. The highest BCUT2D eigenvalue weighted by atomic mass is 32.2. The van der Waals surface area contributed by atoms with E-state index in [1.807, 2.05) is 37.3 Å². The molecule has 2 N–H and O–H groups in total. The van der Waals surface area contributed by atoms with Crippen LogP contribution in [-0.2, 0) is 10.0 Å². The highest BCUT2D eigenvalue weighted by Gasteiger charge is 2.10. The number of benzene rings is 1. The van der Waals surface area contributed by atoms with Gasteiger partial charge in [0.1, 0.15) is 0 Å². The minimum absolute atomic E-state index is 0.288. The summed E-state index contributed by atoms with van der Waals surface area (Å²) in [5.41, 5.74) is 0.856. The van der Waals surface area contributed by atoms with E-state index < -0.39 is 10.0 Å². The highest BCUT2D eigenvalue weighted by Crippen LogP contribution is 2.15. The number of sulfonamides is 1. The lowest BCUT2D eigenvalue weighted by Crippen LogP contribution is -2.14. The van der Waals surface area contributed by atoms with Crippen molar-refractivity contribution in [2.45, 2.75) is 19.8 Å². The molecule has 0 heterocycles. The third-order valence-electron chi connectivity index (χ3n) is 1.99. The van der Waals surface area contributed by atoms with Crippen LogP contribution in [0, 0.1) is 0 Å². The van der Waals surface area contributed by atoms with Crippen LogP contribution in [0.3, 0.4) is 0 Å². The lowest BCUT2D eigenvalue weighted by atomic mass is 10.2. The molecule has 0 atom stereocenters. The van der Waals surface area contributed by atoms with Crippen LogP contribution in [0.25, 0.3) is 6.08 Å². The smallest absolute Gasteiger partial charge is 0.225 e. The molecule has 3 nitrogen and oxygen atoms in total. The largest absolute Gasteiger partial charge is 0.234 e. The van der Waals surface area contributed by atoms with Crippen LogP contribution < -0.4 is 5.14 Å². The van der Waals surface area contributed by atoms with Gasteiger partial charge in [0.15, 0.2) is 0 Å². The Bertz CT molecular complexity index is 435. The monoisotopic (exact) mass is 225 g/mol. The zero-order chi connectivity index (χ0) is 11.3. The minimum atomic E-state index is -3.56. The fourth-order valence-corrected chi connectivity index (χ4v) is 2.07. The van der Waals surface area contributed by atoms with E-state index in [1.54, 1.807) is 6.08 Å². The summed E-state index contributed by atoms with van der Waals surface area (Å²) < 4.78 is 22.5. The van der Waals surface area contributed by atoms with Crippen molar-refractivity contribution in [2.75, 3.05) is 0 Å². The first-order valence-electron chi connectivity index (χ1n) is 4.82. The Kier molecular flexibility index (Phi) is 4.05. The molecule has 82 valence electrons. The van der Waals surface area contributed by atoms with Gasteiger partial charge in [0, 0.05) is 0 Å². The van der Waals surface area contributed by atoms with Gasteiger partial charge in [-0.15, -0.1) is 0 Å². The third-order valence-corrected chi connectivity index (χ3v) is 3.04. The predicted molar refractivity (Wildman–Crippen MR) is 62.4 cm³/mol. The van der Waals surface area contributed by atoms with Crippen LogP contribution in [-0.4, -0.2) is 8.42 Å². The van der Waals surface area contributed by atoms with E-state index >= 15 is 0 Å². The van der Waals surface area contributed by atoms with Crippen molar-refractivity contribution in [3.8, 4) is 0 Å². The van der Waals surface area contributed by atoms with Crippen LogP contribution in [0.1, 0.15) is 25.3 Å². The lowest BCUT2D eigenvalue weighted by molar-refractivity contribution is 0.601. The number of rotatable bonds is 4. The molecule has 0 amide bonds. The first kappa shape index (κ1) is 11.9. The second-order valence-electron chi connectivity index (χ2n) is 3.32. The van der Waals surface area contributed by atoms with Gasteiger partial charge >= 0.3 is 0 Å². The third kappa shape index (κ3) is 3.85. The average molecular weight is 225 g/mol. The van der Waals surface area contributed by atoms with E-state index in [9.17, 15) is 8.42 Å². The second kappa shape index (κ2) is 5.09. The maximum atomic E-state index is 11.2. The molecule has 0 unspecified atom stereocenters. The summed E-state index contributed by atoms with van der Waals surface area (Å²) >= 11 is 0. The van der Waals surface area contributed by atoms with Crippen molar-refractivity contribution in [1.29, 1.82) is 0 Å². The molecule has 0 saturated carbocycles. The molecular weight excluding hydrogens is 210 g/mol. The van der Waals surface area contributed by atoms with Crippen molar-refractivity contribution in [3.05, 3.63) is 40.8 Å². The molecule has 0 spiro atoms. The van der Waals surface area contributed by atoms with Gasteiger partial charge in [-0.05, 0) is 18.1 Å².